The summed E-state index contributed by atoms with van der Waals surface area (Å²) >= 11 is 0. The van der Waals surface area contributed by atoms with Gasteiger partial charge in [-0.15, -0.1) is 0 Å². The van der Waals surface area contributed by atoms with Crippen LogP contribution in [0.4, 0.5) is 0 Å². The van der Waals surface area contributed by atoms with E-state index in [0.29, 0.717) is 13.0 Å². The van der Waals surface area contributed by atoms with E-state index in [1.54, 1.807) is 0 Å². The van der Waals surface area contributed by atoms with Gasteiger partial charge in [0, 0.05) is 20.2 Å². The molecular weight excluding hydrogens is 176 g/mol. The highest BCUT2D eigenvalue weighted by Gasteiger charge is 2.01. The predicted molar refractivity (Wildman–Crippen MR) is 47.8 cm³/mol. The number of nitro groups is 1. The van der Waals surface area contributed by atoms with Crippen molar-refractivity contribution in [2.75, 3.05) is 20.2 Å². The number of aliphatic hydroxyl groups is 1. The van der Waals surface area contributed by atoms with Gasteiger partial charge in [-0.05, 0) is 12.8 Å². The predicted octanol–water partition coefficient (Wildman–Crippen LogP) is -0.884. The van der Waals surface area contributed by atoms with Crippen molar-refractivity contribution in [2.24, 2.45) is 4.99 Å². The summed E-state index contributed by atoms with van der Waals surface area (Å²) in [6, 6.07) is 0. The Morgan fingerprint density at radius 2 is 2.31 bits per heavy atom. The van der Waals surface area contributed by atoms with Crippen molar-refractivity contribution in [3.05, 3.63) is 10.1 Å². The van der Waals surface area contributed by atoms with Crippen LogP contribution >= 0.6 is 0 Å². The fraction of sp³-hybridized carbons (Fsp3) is 0.833. The summed E-state index contributed by atoms with van der Waals surface area (Å²) in [5.74, 6) is 0.128. The molecular formula is C6H14N4O3. The standard InChI is InChI=1S/C6H14N4O3/c1-7-6(9-10(12)13)8-4-2-3-5-11/h11H,2-5H2,1H3,(H2,7,8,9). The van der Waals surface area contributed by atoms with Crippen LogP contribution in [0.1, 0.15) is 12.8 Å². The fourth-order valence-electron chi connectivity index (χ4n) is 0.699. The van der Waals surface area contributed by atoms with Gasteiger partial charge < -0.3 is 10.4 Å². The zero-order valence-corrected chi connectivity index (χ0v) is 7.49. The van der Waals surface area contributed by atoms with Gasteiger partial charge in [-0.2, -0.15) is 0 Å². The zero-order valence-electron chi connectivity index (χ0n) is 7.49. The van der Waals surface area contributed by atoms with E-state index in [0.717, 1.165) is 6.42 Å². The Labute approximate surface area is 76.0 Å². The number of rotatable bonds is 5. The molecule has 0 aromatic carbocycles. The van der Waals surface area contributed by atoms with Gasteiger partial charge in [-0.1, -0.05) is 5.43 Å². The van der Waals surface area contributed by atoms with Gasteiger partial charge in [-0.25, -0.2) is 10.1 Å². The molecule has 0 unspecified atom stereocenters. The number of nitrogens with zero attached hydrogens (tertiary/aromatic N) is 2. The van der Waals surface area contributed by atoms with Crippen molar-refractivity contribution in [2.45, 2.75) is 12.8 Å². The van der Waals surface area contributed by atoms with E-state index >= 15 is 0 Å². The lowest BCUT2D eigenvalue weighted by Gasteiger charge is -2.04. The SMILES string of the molecule is CN=C(NCCCCO)N[N+](=O)[O-]. The number of guanidine groups is 1. The summed E-state index contributed by atoms with van der Waals surface area (Å²) in [7, 11) is 1.45. The van der Waals surface area contributed by atoms with E-state index in [2.05, 4.69) is 10.3 Å². The fourth-order valence-corrected chi connectivity index (χ4v) is 0.699. The monoisotopic (exact) mass is 190 g/mol. The summed E-state index contributed by atoms with van der Waals surface area (Å²) in [6.45, 7) is 0.678. The Bertz CT molecular complexity index is 183. The van der Waals surface area contributed by atoms with E-state index in [4.69, 9.17) is 5.11 Å². The average molecular weight is 190 g/mol. The Morgan fingerprint density at radius 3 is 2.77 bits per heavy atom. The third kappa shape index (κ3) is 7.01. The Kier molecular flexibility index (Phi) is 6.52. The van der Waals surface area contributed by atoms with E-state index in [1.807, 2.05) is 5.43 Å². The van der Waals surface area contributed by atoms with Gasteiger partial charge in [0.25, 0.3) is 5.96 Å². The third-order valence-electron chi connectivity index (χ3n) is 1.30. The Balaban J connectivity index is 3.55. The lowest BCUT2D eigenvalue weighted by atomic mass is 10.3. The van der Waals surface area contributed by atoms with Crippen LogP contribution in [0.5, 0.6) is 0 Å². The van der Waals surface area contributed by atoms with E-state index < -0.39 is 5.03 Å². The molecule has 0 atom stereocenters. The quantitative estimate of drug-likeness (QED) is 0.172. The molecule has 7 heteroatoms. The minimum Gasteiger partial charge on any atom is -0.396 e. The van der Waals surface area contributed by atoms with E-state index in [1.165, 1.54) is 7.05 Å². The summed E-state index contributed by atoms with van der Waals surface area (Å²) in [4.78, 5) is 13.6. The molecule has 0 spiro atoms. The molecule has 0 fully saturated rings. The first kappa shape index (κ1) is 11.6. The zero-order chi connectivity index (χ0) is 10.1. The minimum atomic E-state index is -0.679. The molecule has 0 heterocycles. The van der Waals surface area contributed by atoms with Crippen molar-refractivity contribution in [3.8, 4) is 0 Å². The molecule has 0 rings (SSSR count). The number of aliphatic imine (C=N–C) groups is 1. The Morgan fingerprint density at radius 1 is 1.62 bits per heavy atom. The summed E-state index contributed by atoms with van der Waals surface area (Å²) in [6.07, 6.45) is 1.41. The van der Waals surface area contributed by atoms with Crippen LogP contribution in [0.3, 0.4) is 0 Å². The van der Waals surface area contributed by atoms with Gasteiger partial charge in [0.1, 0.15) is 0 Å². The first-order chi connectivity index (χ1) is 6.20. The number of nitrogens with one attached hydrogen (secondary N) is 2. The number of aliphatic hydroxyl groups excluding tert-OH is 1. The smallest absolute Gasteiger partial charge is 0.253 e. The minimum absolute atomic E-state index is 0.128. The van der Waals surface area contributed by atoms with Crippen molar-refractivity contribution in [1.29, 1.82) is 0 Å². The third-order valence-corrected chi connectivity index (χ3v) is 1.30. The second-order valence-corrected chi connectivity index (χ2v) is 2.30. The molecule has 0 aliphatic rings. The van der Waals surface area contributed by atoms with Crippen LogP contribution in [-0.4, -0.2) is 36.3 Å². The van der Waals surface area contributed by atoms with Gasteiger partial charge in [0.15, 0.2) is 5.03 Å². The van der Waals surface area contributed by atoms with Crippen LogP contribution < -0.4 is 10.7 Å². The molecule has 0 radical (unpaired) electrons. The van der Waals surface area contributed by atoms with Crippen LogP contribution in [-0.2, 0) is 0 Å². The molecule has 0 aromatic heterocycles. The van der Waals surface area contributed by atoms with Crippen LogP contribution in [0, 0.1) is 10.1 Å². The normalized spacial score (nSPS) is 11.1. The van der Waals surface area contributed by atoms with Gasteiger partial charge in [0.2, 0.25) is 0 Å². The topological polar surface area (TPSA) is 99.8 Å². The highest BCUT2D eigenvalue weighted by atomic mass is 16.7. The number of hydrazine groups is 1. The first-order valence-corrected chi connectivity index (χ1v) is 3.93. The lowest BCUT2D eigenvalue weighted by molar-refractivity contribution is -0.525. The van der Waals surface area contributed by atoms with Crippen LogP contribution in [0.15, 0.2) is 4.99 Å². The second kappa shape index (κ2) is 7.29. The van der Waals surface area contributed by atoms with Crippen molar-refractivity contribution >= 4 is 5.96 Å². The Hall–Kier alpha value is -1.37. The van der Waals surface area contributed by atoms with E-state index in [9.17, 15) is 10.1 Å². The molecule has 0 aromatic rings. The second-order valence-electron chi connectivity index (χ2n) is 2.30. The molecule has 0 saturated carbocycles. The first-order valence-electron chi connectivity index (χ1n) is 3.93. The molecule has 7 nitrogen and oxygen atoms in total. The largest absolute Gasteiger partial charge is 0.396 e. The summed E-state index contributed by atoms with van der Waals surface area (Å²) in [5, 5.41) is 20.5. The number of hydrogen-bond acceptors (Lipinski definition) is 4. The van der Waals surface area contributed by atoms with E-state index in [-0.39, 0.29) is 12.6 Å². The van der Waals surface area contributed by atoms with Crippen molar-refractivity contribution < 1.29 is 10.1 Å². The average Bonchev–Trinajstić information content (AvgIpc) is 2.09. The molecule has 3 N–H and O–H groups in total. The lowest BCUT2D eigenvalue weighted by Crippen LogP contribution is -2.40. The summed E-state index contributed by atoms with van der Waals surface area (Å²) in [5.41, 5.74) is 1.91. The molecule has 0 bridgehead atoms. The molecule has 0 saturated heterocycles. The highest BCUT2D eigenvalue weighted by Crippen LogP contribution is 1.83. The number of hydrogen-bond donors (Lipinski definition) is 3. The molecule has 0 amide bonds. The highest BCUT2D eigenvalue weighted by molar-refractivity contribution is 5.78. The maximum Gasteiger partial charge on any atom is 0.253 e. The molecule has 0 aliphatic carbocycles. The summed E-state index contributed by atoms with van der Waals surface area (Å²) < 4.78 is 0. The number of unbranched alkanes of at least 4 members (excludes halogenated alkanes) is 1. The van der Waals surface area contributed by atoms with Crippen LogP contribution in [0.25, 0.3) is 0 Å². The molecule has 13 heavy (non-hydrogen) atoms. The maximum absolute atomic E-state index is 9.99. The van der Waals surface area contributed by atoms with Crippen molar-refractivity contribution in [3.63, 3.8) is 0 Å². The van der Waals surface area contributed by atoms with Gasteiger partial charge >= 0.3 is 0 Å². The van der Waals surface area contributed by atoms with Gasteiger partial charge in [-0.3, -0.25) is 4.99 Å². The maximum atomic E-state index is 9.99. The molecule has 0 aliphatic heterocycles. The van der Waals surface area contributed by atoms with Crippen molar-refractivity contribution in [1.82, 2.24) is 10.7 Å². The van der Waals surface area contributed by atoms with Gasteiger partial charge in [0.05, 0.1) is 0 Å². The van der Waals surface area contributed by atoms with Crippen LogP contribution in [0.2, 0.25) is 0 Å². The molecule has 76 valence electrons.